The van der Waals surface area contributed by atoms with E-state index >= 15 is 0 Å². The summed E-state index contributed by atoms with van der Waals surface area (Å²) in [5.74, 6) is 5.06. The van der Waals surface area contributed by atoms with Gasteiger partial charge in [-0.1, -0.05) is 84.8 Å². The van der Waals surface area contributed by atoms with Crippen LogP contribution in [0.1, 0.15) is 113 Å². The van der Waals surface area contributed by atoms with Gasteiger partial charge in [0.05, 0.1) is 17.7 Å². The molecule has 5 rings (SSSR count). The SMILES string of the molecule is CC.CC.CC.CC.CNC(=O)CCc1cc(C)c(Oc2ccc(OC)cc2)c(C)c1.Cc1cc(CCCO)cc(C)c1Oc1ccc(O)cc1.Cc1noc(C)c1SN. The molecule has 10 nitrogen and oxygen atoms in total. The van der Waals surface area contributed by atoms with Crippen LogP contribution in [-0.2, 0) is 17.6 Å². The molecule has 0 aliphatic heterocycles. The lowest BCUT2D eigenvalue weighted by molar-refractivity contribution is -0.120. The molecule has 4 aromatic carbocycles. The number of methoxy groups -OCH3 is 1. The molecule has 0 aliphatic carbocycles. The van der Waals surface area contributed by atoms with Crippen LogP contribution in [0.15, 0.2) is 82.2 Å². The Labute approximate surface area is 366 Å². The van der Waals surface area contributed by atoms with Crippen LogP contribution >= 0.6 is 11.9 Å². The zero-order chi connectivity index (χ0) is 46.2. The third-order valence-corrected chi connectivity index (χ3v) is 8.82. The fraction of sp³-hybridized carbons (Fsp3) is 0.429. The third kappa shape index (κ3) is 20.8. The summed E-state index contributed by atoms with van der Waals surface area (Å²) in [5, 5.41) is 29.8. The van der Waals surface area contributed by atoms with Crippen molar-refractivity contribution in [2.75, 3.05) is 20.8 Å². The second-order valence-electron chi connectivity index (χ2n) is 12.3. The lowest BCUT2D eigenvalue weighted by Gasteiger charge is -2.14. The number of hydrogen-bond acceptors (Lipinski definition) is 10. The fourth-order valence-electron chi connectivity index (χ4n) is 5.39. The molecule has 0 aliphatic rings. The van der Waals surface area contributed by atoms with E-state index in [0.29, 0.717) is 12.2 Å². The number of aryl methyl sites for hydroxylation is 8. The number of nitrogens with two attached hydrogens (primary N) is 1. The summed E-state index contributed by atoms with van der Waals surface area (Å²) in [6.45, 7) is 28.0. The van der Waals surface area contributed by atoms with Crippen molar-refractivity contribution in [2.24, 2.45) is 5.14 Å². The molecular formula is C49H75N3O7S. The van der Waals surface area contributed by atoms with Crippen LogP contribution in [0.5, 0.6) is 34.5 Å². The average molecular weight is 850 g/mol. The largest absolute Gasteiger partial charge is 0.508 e. The minimum atomic E-state index is 0.0545. The molecule has 60 heavy (non-hydrogen) atoms. The van der Waals surface area contributed by atoms with Gasteiger partial charge in [-0.25, -0.2) is 0 Å². The highest BCUT2D eigenvalue weighted by molar-refractivity contribution is 7.97. The van der Waals surface area contributed by atoms with Crippen molar-refractivity contribution in [1.82, 2.24) is 10.5 Å². The van der Waals surface area contributed by atoms with Crippen LogP contribution in [0.3, 0.4) is 0 Å². The van der Waals surface area contributed by atoms with E-state index in [-0.39, 0.29) is 18.3 Å². The highest BCUT2D eigenvalue weighted by Gasteiger charge is 2.11. The number of hydrogen-bond donors (Lipinski definition) is 4. The van der Waals surface area contributed by atoms with Crippen LogP contribution in [0.25, 0.3) is 0 Å². The fourth-order valence-corrected chi connectivity index (χ4v) is 5.80. The van der Waals surface area contributed by atoms with Crippen molar-refractivity contribution in [3.63, 3.8) is 0 Å². The smallest absolute Gasteiger partial charge is 0.220 e. The number of rotatable bonds is 12. The summed E-state index contributed by atoms with van der Waals surface area (Å²) in [4.78, 5) is 12.3. The van der Waals surface area contributed by atoms with Crippen molar-refractivity contribution in [3.8, 4) is 34.5 Å². The minimum Gasteiger partial charge on any atom is -0.508 e. The molecule has 0 unspecified atom stereocenters. The number of amides is 1. The molecule has 334 valence electrons. The Kier molecular flexibility index (Phi) is 32.2. The number of aliphatic hydroxyl groups excluding tert-OH is 1. The van der Waals surface area contributed by atoms with Gasteiger partial charge in [0.25, 0.3) is 0 Å². The molecule has 0 radical (unpaired) electrons. The maximum absolute atomic E-state index is 11.4. The summed E-state index contributed by atoms with van der Waals surface area (Å²) < 4.78 is 21.9. The van der Waals surface area contributed by atoms with Gasteiger partial charge in [-0.2, -0.15) is 0 Å². The zero-order valence-corrected chi connectivity index (χ0v) is 40.1. The van der Waals surface area contributed by atoms with Crippen molar-refractivity contribution in [3.05, 3.63) is 118 Å². The Morgan fingerprint density at radius 3 is 1.43 bits per heavy atom. The van der Waals surface area contributed by atoms with Crippen molar-refractivity contribution >= 4 is 17.9 Å². The van der Waals surface area contributed by atoms with Crippen molar-refractivity contribution in [2.45, 2.75) is 128 Å². The molecular weight excluding hydrogens is 775 g/mol. The number of aromatic nitrogens is 1. The van der Waals surface area contributed by atoms with Gasteiger partial charge in [0, 0.05) is 20.1 Å². The first kappa shape index (κ1) is 57.1. The van der Waals surface area contributed by atoms with Gasteiger partial charge < -0.3 is 34.3 Å². The third-order valence-electron chi connectivity index (χ3n) is 8.01. The summed E-state index contributed by atoms with van der Waals surface area (Å²) >= 11 is 1.17. The highest BCUT2D eigenvalue weighted by Crippen LogP contribution is 2.32. The van der Waals surface area contributed by atoms with Crippen LogP contribution in [0, 0.1) is 41.5 Å². The summed E-state index contributed by atoms with van der Waals surface area (Å²) in [5.41, 5.74) is 7.50. The second kappa shape index (κ2) is 33.8. The number of carbonyl (C=O) groups excluding carboxylic acids is 1. The summed E-state index contributed by atoms with van der Waals surface area (Å²) in [7, 11) is 3.30. The van der Waals surface area contributed by atoms with E-state index in [0.717, 1.165) is 86.4 Å². The Hall–Kier alpha value is -4.97. The molecule has 0 saturated carbocycles. The van der Waals surface area contributed by atoms with Gasteiger partial charge in [-0.3, -0.25) is 9.93 Å². The van der Waals surface area contributed by atoms with E-state index in [9.17, 15) is 9.90 Å². The quantitative estimate of drug-likeness (QED) is 0.0894. The number of phenolic OH excluding ortho intramolecular Hbond substituents is 1. The topological polar surface area (TPSA) is 149 Å². The van der Waals surface area contributed by atoms with E-state index in [1.165, 1.54) is 17.5 Å². The van der Waals surface area contributed by atoms with Crippen LogP contribution < -0.4 is 24.7 Å². The van der Waals surface area contributed by atoms with E-state index in [1.54, 1.807) is 38.4 Å². The minimum absolute atomic E-state index is 0.0545. The first-order valence-electron chi connectivity index (χ1n) is 21.0. The molecule has 11 heteroatoms. The number of nitrogens with zero attached hydrogens (tertiary/aromatic N) is 1. The standard InChI is InChI=1S/C19H23NO3.C17H20O3.C5H8N2OS.4C2H6/c1-13-11-15(5-10-18(21)20-3)12-14(2)19(13)23-17-8-6-16(22-4)7-9-17;1-12-10-14(4-3-9-18)11-13(2)17(12)20-16-7-5-15(19)6-8-16;1-3-5(9-6)4(2)8-7-3;4*1-2/h6-9,11-12H,5,10H2,1-4H3,(H,20,21);5-8,10-11,18-19H,3-4,9H2,1-2H3;6H2,1-2H3;4*1-2H3. The number of aliphatic hydroxyl groups is 1. The number of ether oxygens (including phenoxy) is 3. The van der Waals surface area contributed by atoms with Gasteiger partial charge in [-0.15, -0.1) is 0 Å². The zero-order valence-electron chi connectivity index (χ0n) is 39.3. The molecule has 0 spiro atoms. The number of aromatic hydroxyl groups is 1. The van der Waals surface area contributed by atoms with E-state index in [4.69, 9.17) is 29.0 Å². The molecule has 0 bridgehead atoms. The molecule has 1 aromatic heterocycles. The van der Waals surface area contributed by atoms with E-state index in [2.05, 4.69) is 34.7 Å². The molecule has 1 heterocycles. The van der Waals surface area contributed by atoms with Gasteiger partial charge in [0.2, 0.25) is 5.91 Å². The highest BCUT2D eigenvalue weighted by atomic mass is 32.2. The average Bonchev–Trinajstić information content (AvgIpc) is 3.61. The predicted molar refractivity (Wildman–Crippen MR) is 252 cm³/mol. The van der Waals surface area contributed by atoms with Crippen LogP contribution in [0.4, 0.5) is 0 Å². The first-order chi connectivity index (χ1) is 28.9. The molecule has 0 saturated heterocycles. The van der Waals surface area contributed by atoms with Crippen molar-refractivity contribution in [1.29, 1.82) is 0 Å². The molecule has 5 N–H and O–H groups in total. The number of phenols is 1. The van der Waals surface area contributed by atoms with Gasteiger partial charge in [0.1, 0.15) is 40.3 Å². The number of benzene rings is 4. The second-order valence-corrected chi connectivity index (χ2v) is 12.9. The van der Waals surface area contributed by atoms with Gasteiger partial charge in [0.15, 0.2) is 0 Å². The number of carbonyl (C=O) groups is 1. The first-order valence-corrected chi connectivity index (χ1v) is 21.9. The Morgan fingerprint density at radius 2 is 1.10 bits per heavy atom. The van der Waals surface area contributed by atoms with E-state index < -0.39 is 0 Å². The van der Waals surface area contributed by atoms with Crippen LogP contribution in [-0.4, -0.2) is 42.0 Å². The van der Waals surface area contributed by atoms with E-state index in [1.807, 2.05) is 121 Å². The summed E-state index contributed by atoms with van der Waals surface area (Å²) in [6, 6.07) is 22.6. The molecule has 5 aromatic rings. The summed E-state index contributed by atoms with van der Waals surface area (Å²) in [6.07, 6.45) is 2.87. The molecule has 0 fully saturated rings. The Bertz CT molecular complexity index is 1810. The van der Waals surface area contributed by atoms with Crippen LogP contribution in [0.2, 0.25) is 0 Å². The monoisotopic (exact) mass is 850 g/mol. The van der Waals surface area contributed by atoms with Gasteiger partial charge >= 0.3 is 0 Å². The predicted octanol–water partition coefficient (Wildman–Crippen LogP) is 12.9. The molecule has 0 atom stereocenters. The maximum atomic E-state index is 11.4. The Morgan fingerprint density at radius 1 is 0.700 bits per heavy atom. The maximum Gasteiger partial charge on any atom is 0.220 e. The van der Waals surface area contributed by atoms with Gasteiger partial charge in [-0.05, 0) is 155 Å². The lowest BCUT2D eigenvalue weighted by Crippen LogP contribution is -2.17. The Balaban J connectivity index is 0. The van der Waals surface area contributed by atoms with Crippen molar-refractivity contribution < 1.29 is 33.7 Å². The number of nitrogens with one attached hydrogen (secondary N) is 1. The normalized spacial score (nSPS) is 9.37. The molecule has 1 amide bonds. The lowest BCUT2D eigenvalue weighted by atomic mass is 10.0.